The molecule has 0 saturated carbocycles. The molecule has 3 N–H and O–H groups in total. The van der Waals surface area contributed by atoms with E-state index in [1.54, 1.807) is 0 Å². The first kappa shape index (κ1) is 15.7. The van der Waals surface area contributed by atoms with E-state index in [-0.39, 0.29) is 19.6 Å². The van der Waals surface area contributed by atoms with Gasteiger partial charge >= 0.3 is 18.1 Å². The minimum absolute atomic E-state index is 0.129. The van der Waals surface area contributed by atoms with Crippen molar-refractivity contribution in [1.29, 1.82) is 0 Å². The molecule has 1 rings (SSSR count). The number of ketones is 1. The van der Waals surface area contributed by atoms with Gasteiger partial charge in [0.1, 0.15) is 6.61 Å². The number of Topliss-reactive ketones (excluding diaryl/α,β-unsaturated/α-hetero) is 1. The Bertz CT molecular complexity index is 411. The van der Waals surface area contributed by atoms with E-state index < -0.39 is 30.0 Å². The Balaban J connectivity index is 2.59. The lowest BCUT2D eigenvalue weighted by atomic mass is 10.1. The highest BCUT2D eigenvalue weighted by molar-refractivity contribution is 6.38. The molecule has 9 nitrogen and oxygen atoms in total. The average Bonchev–Trinajstić information content (AvgIpc) is 2.78. The Morgan fingerprint density at radius 1 is 1.50 bits per heavy atom. The lowest BCUT2D eigenvalue weighted by molar-refractivity contribution is -0.145. The summed E-state index contributed by atoms with van der Waals surface area (Å²) in [6, 6.07) is 0. The number of cyclic esters (lactones) is 1. The fourth-order valence-electron chi connectivity index (χ4n) is 1.59. The summed E-state index contributed by atoms with van der Waals surface area (Å²) in [4.78, 5) is 45.4. The number of amides is 3. The number of hydrogen-bond acceptors (Lipinski definition) is 6. The number of rotatable bonds is 7. The molecule has 0 spiro atoms. The predicted octanol–water partition coefficient (Wildman–Crippen LogP) is -0.307. The molecule has 1 heterocycles. The molecule has 1 saturated heterocycles. The van der Waals surface area contributed by atoms with Crippen molar-refractivity contribution >= 4 is 23.9 Å². The topological polar surface area (TPSA) is 128 Å². The molecule has 1 aliphatic heterocycles. The lowest BCUT2D eigenvalue weighted by Gasteiger charge is -2.17. The van der Waals surface area contributed by atoms with Crippen molar-refractivity contribution in [2.24, 2.45) is 5.73 Å². The molecule has 0 aromatic carbocycles. The summed E-state index contributed by atoms with van der Waals surface area (Å²) in [6.07, 6.45) is -1.59. The first-order valence-electron chi connectivity index (χ1n) is 6.21. The molecule has 112 valence electrons. The average molecular weight is 287 g/mol. The van der Waals surface area contributed by atoms with Crippen LogP contribution in [-0.4, -0.2) is 48.1 Å². The molecule has 3 amide bonds. The van der Waals surface area contributed by atoms with E-state index in [1.807, 2.05) is 6.92 Å². The maximum absolute atomic E-state index is 11.9. The van der Waals surface area contributed by atoms with Crippen LogP contribution in [0.5, 0.6) is 0 Å². The second-order valence-corrected chi connectivity index (χ2v) is 4.14. The Morgan fingerprint density at radius 2 is 2.20 bits per heavy atom. The van der Waals surface area contributed by atoms with Crippen LogP contribution in [0.2, 0.25) is 0 Å². The van der Waals surface area contributed by atoms with Crippen LogP contribution in [0, 0.1) is 0 Å². The molecule has 0 bridgehead atoms. The highest BCUT2D eigenvalue weighted by Gasteiger charge is 2.31. The van der Waals surface area contributed by atoms with Gasteiger partial charge in [-0.2, -0.15) is 0 Å². The second kappa shape index (κ2) is 7.31. The third-order valence-corrected chi connectivity index (χ3v) is 2.59. The van der Waals surface area contributed by atoms with Gasteiger partial charge < -0.3 is 15.2 Å². The van der Waals surface area contributed by atoms with E-state index in [9.17, 15) is 19.2 Å². The minimum atomic E-state index is -1.24. The first-order valence-corrected chi connectivity index (χ1v) is 6.21. The van der Waals surface area contributed by atoms with Crippen molar-refractivity contribution in [3.63, 3.8) is 0 Å². The van der Waals surface area contributed by atoms with Crippen molar-refractivity contribution in [3.8, 4) is 0 Å². The molecule has 9 heteroatoms. The van der Waals surface area contributed by atoms with Crippen molar-refractivity contribution in [3.05, 3.63) is 0 Å². The van der Waals surface area contributed by atoms with Gasteiger partial charge in [-0.05, 0) is 12.8 Å². The number of primary amides is 1. The summed E-state index contributed by atoms with van der Waals surface area (Å²) in [5, 5.41) is 0.876. The van der Waals surface area contributed by atoms with E-state index in [4.69, 9.17) is 5.73 Å². The van der Waals surface area contributed by atoms with Crippen LogP contribution in [0.15, 0.2) is 0 Å². The second-order valence-electron chi connectivity index (χ2n) is 4.14. The summed E-state index contributed by atoms with van der Waals surface area (Å²) >= 11 is 0. The van der Waals surface area contributed by atoms with E-state index in [0.717, 1.165) is 11.4 Å². The number of nitrogens with one attached hydrogen (secondary N) is 1. The maximum atomic E-state index is 11.9. The number of hydrogen-bond donors (Lipinski definition) is 2. The van der Waals surface area contributed by atoms with Gasteiger partial charge in [0.05, 0.1) is 6.54 Å². The SMILES string of the molecule is CCCC[C@H](OC(N)=O)C(=O)C(=O)NN1CCOC1=O. The van der Waals surface area contributed by atoms with Crippen LogP contribution in [0.25, 0.3) is 0 Å². The van der Waals surface area contributed by atoms with Gasteiger partial charge in [-0.25, -0.2) is 14.6 Å². The third kappa shape index (κ3) is 4.41. The molecule has 0 aromatic heterocycles. The van der Waals surface area contributed by atoms with E-state index >= 15 is 0 Å². The standard InChI is InChI=1S/C11H17N3O6/c1-2-3-4-7(20-10(12)17)8(15)9(16)13-14-5-6-19-11(14)18/h7H,2-6H2,1H3,(H2,12,17)(H,13,16)/t7-/m0/s1. The molecule has 1 atom stereocenters. The first-order chi connectivity index (χ1) is 9.45. The summed E-state index contributed by atoms with van der Waals surface area (Å²) in [5.74, 6) is -2.01. The lowest BCUT2D eigenvalue weighted by Crippen LogP contribution is -2.49. The molecule has 0 aliphatic carbocycles. The smallest absolute Gasteiger partial charge is 0.428 e. The highest BCUT2D eigenvalue weighted by atomic mass is 16.6. The normalized spacial score (nSPS) is 15.4. The Morgan fingerprint density at radius 3 is 2.70 bits per heavy atom. The van der Waals surface area contributed by atoms with Crippen LogP contribution >= 0.6 is 0 Å². The fraction of sp³-hybridized carbons (Fsp3) is 0.636. The van der Waals surface area contributed by atoms with Gasteiger partial charge in [-0.3, -0.25) is 15.0 Å². The number of unbranched alkanes of at least 4 members (excludes halogenated alkanes) is 1. The Labute approximate surface area is 115 Å². The Kier molecular flexibility index (Phi) is 5.75. The van der Waals surface area contributed by atoms with Gasteiger partial charge in [-0.1, -0.05) is 13.3 Å². The molecular formula is C11H17N3O6. The largest absolute Gasteiger partial charge is 0.446 e. The van der Waals surface area contributed by atoms with E-state index in [2.05, 4.69) is 14.9 Å². The van der Waals surface area contributed by atoms with Gasteiger partial charge in [0.25, 0.3) is 5.78 Å². The molecule has 0 unspecified atom stereocenters. The van der Waals surface area contributed by atoms with Gasteiger partial charge in [0.15, 0.2) is 6.10 Å². The third-order valence-electron chi connectivity index (χ3n) is 2.59. The van der Waals surface area contributed by atoms with Crippen LogP contribution < -0.4 is 11.2 Å². The van der Waals surface area contributed by atoms with Crippen molar-refractivity contribution in [2.75, 3.05) is 13.2 Å². The summed E-state index contributed by atoms with van der Waals surface area (Å²) in [7, 11) is 0. The van der Waals surface area contributed by atoms with Crippen molar-refractivity contribution in [2.45, 2.75) is 32.3 Å². The van der Waals surface area contributed by atoms with Crippen molar-refractivity contribution in [1.82, 2.24) is 10.4 Å². The number of nitrogens with two attached hydrogens (primary N) is 1. The maximum Gasteiger partial charge on any atom is 0.428 e. The summed E-state index contributed by atoms with van der Waals surface area (Å²) < 4.78 is 9.21. The molecular weight excluding hydrogens is 270 g/mol. The molecule has 0 aromatic rings. The van der Waals surface area contributed by atoms with Gasteiger partial charge in [0, 0.05) is 0 Å². The zero-order chi connectivity index (χ0) is 15.1. The van der Waals surface area contributed by atoms with Gasteiger partial charge in [-0.15, -0.1) is 0 Å². The van der Waals surface area contributed by atoms with Gasteiger partial charge in [0.2, 0.25) is 0 Å². The van der Waals surface area contributed by atoms with Crippen LogP contribution in [0.4, 0.5) is 9.59 Å². The number of ether oxygens (including phenoxy) is 2. The van der Waals surface area contributed by atoms with Crippen LogP contribution in [0.1, 0.15) is 26.2 Å². The highest BCUT2D eigenvalue weighted by Crippen LogP contribution is 2.07. The van der Waals surface area contributed by atoms with Crippen molar-refractivity contribution < 1.29 is 28.7 Å². The zero-order valence-electron chi connectivity index (χ0n) is 11.1. The summed E-state index contributed by atoms with van der Waals surface area (Å²) in [5.41, 5.74) is 6.96. The molecule has 1 fully saturated rings. The molecule has 0 radical (unpaired) electrons. The quantitative estimate of drug-likeness (QED) is 0.618. The number of carbonyl (C=O) groups excluding carboxylic acids is 4. The minimum Gasteiger partial charge on any atom is -0.446 e. The van der Waals surface area contributed by atoms with E-state index in [1.165, 1.54) is 0 Å². The van der Waals surface area contributed by atoms with E-state index in [0.29, 0.717) is 6.42 Å². The zero-order valence-corrected chi connectivity index (χ0v) is 11.1. The number of nitrogens with zero attached hydrogens (tertiary/aromatic N) is 1. The summed E-state index contributed by atoms with van der Waals surface area (Å²) in [6.45, 7) is 2.16. The number of carbonyl (C=O) groups is 4. The van der Waals surface area contributed by atoms with Crippen LogP contribution in [-0.2, 0) is 19.1 Å². The fourth-order valence-corrected chi connectivity index (χ4v) is 1.59. The number of hydrazine groups is 1. The monoisotopic (exact) mass is 287 g/mol. The van der Waals surface area contributed by atoms with Crippen LogP contribution in [0.3, 0.4) is 0 Å². The predicted molar refractivity (Wildman–Crippen MR) is 65.2 cm³/mol. The molecule has 20 heavy (non-hydrogen) atoms. The Hall–Kier alpha value is -2.32. The molecule has 1 aliphatic rings.